The third-order valence-electron chi connectivity index (χ3n) is 7.13. The summed E-state index contributed by atoms with van der Waals surface area (Å²) in [4.78, 5) is 14.5. The van der Waals surface area contributed by atoms with Crippen LogP contribution in [0.15, 0.2) is 47.4 Å². The SMILES string of the molecule is C[C@@H]1CN([C@H](C)CO)S(=O)(=O)c2ccc(-c3ccc(F)cc3)cc2O[C@@H]1CN(C)C(=O)C1CCC1. The van der Waals surface area contributed by atoms with E-state index >= 15 is 0 Å². The number of halogens is 1. The van der Waals surface area contributed by atoms with Gasteiger partial charge in [0.25, 0.3) is 0 Å². The predicted molar refractivity (Wildman–Crippen MR) is 131 cm³/mol. The highest BCUT2D eigenvalue weighted by molar-refractivity contribution is 7.89. The van der Waals surface area contributed by atoms with Crippen molar-refractivity contribution in [1.29, 1.82) is 0 Å². The number of likely N-dealkylation sites (N-methyl/N-ethyl adjacent to an activating group) is 1. The van der Waals surface area contributed by atoms with Crippen molar-refractivity contribution in [2.45, 2.75) is 50.2 Å². The number of fused-ring (bicyclic) bond motifs is 1. The first kappa shape index (κ1) is 25.6. The van der Waals surface area contributed by atoms with Gasteiger partial charge >= 0.3 is 0 Å². The molecule has 1 aliphatic heterocycles. The summed E-state index contributed by atoms with van der Waals surface area (Å²) in [5, 5.41) is 9.79. The molecule has 7 nitrogen and oxygen atoms in total. The Morgan fingerprint density at radius 3 is 2.46 bits per heavy atom. The predicted octanol–water partition coefficient (Wildman–Crippen LogP) is 3.52. The minimum absolute atomic E-state index is 0.00790. The molecule has 0 unspecified atom stereocenters. The average molecular weight is 505 g/mol. The molecule has 9 heteroatoms. The molecule has 0 radical (unpaired) electrons. The lowest BCUT2D eigenvalue weighted by atomic mass is 9.84. The Kier molecular flexibility index (Phi) is 7.49. The second-order valence-corrected chi connectivity index (χ2v) is 11.6. The molecule has 0 saturated heterocycles. The average Bonchev–Trinajstić information content (AvgIpc) is 2.79. The number of aliphatic hydroxyl groups excluding tert-OH is 1. The minimum Gasteiger partial charge on any atom is -0.487 e. The fourth-order valence-electron chi connectivity index (χ4n) is 4.59. The molecule has 2 aromatic carbocycles. The summed E-state index contributed by atoms with van der Waals surface area (Å²) >= 11 is 0. The van der Waals surface area contributed by atoms with E-state index in [0.29, 0.717) is 12.1 Å². The molecule has 35 heavy (non-hydrogen) atoms. The first-order chi connectivity index (χ1) is 16.6. The molecule has 190 valence electrons. The van der Waals surface area contributed by atoms with Gasteiger partial charge in [-0.1, -0.05) is 31.5 Å². The van der Waals surface area contributed by atoms with Crippen LogP contribution in [0.2, 0.25) is 0 Å². The number of ether oxygens (including phenoxy) is 1. The van der Waals surface area contributed by atoms with Crippen molar-refractivity contribution in [2.24, 2.45) is 11.8 Å². The molecule has 2 aliphatic rings. The topological polar surface area (TPSA) is 87.2 Å². The summed E-state index contributed by atoms with van der Waals surface area (Å²) < 4.78 is 48.3. The number of aliphatic hydroxyl groups is 1. The molecule has 1 amide bonds. The maximum Gasteiger partial charge on any atom is 0.247 e. The van der Waals surface area contributed by atoms with E-state index in [4.69, 9.17) is 4.74 Å². The van der Waals surface area contributed by atoms with Crippen LogP contribution in [0.5, 0.6) is 5.75 Å². The molecule has 4 rings (SSSR count). The van der Waals surface area contributed by atoms with Gasteiger partial charge in [-0.2, -0.15) is 4.31 Å². The molecule has 1 aliphatic carbocycles. The Bertz CT molecular complexity index is 1170. The van der Waals surface area contributed by atoms with Crippen molar-refractivity contribution in [2.75, 3.05) is 26.7 Å². The van der Waals surface area contributed by atoms with Gasteiger partial charge in [0.05, 0.1) is 13.2 Å². The highest BCUT2D eigenvalue weighted by atomic mass is 32.2. The van der Waals surface area contributed by atoms with Gasteiger partial charge in [-0.15, -0.1) is 0 Å². The molecule has 2 aromatic rings. The fraction of sp³-hybridized carbons (Fsp3) is 0.500. The lowest BCUT2D eigenvalue weighted by Gasteiger charge is -2.38. The summed E-state index contributed by atoms with van der Waals surface area (Å²) in [6.07, 6.45) is 2.39. The molecule has 3 atom stereocenters. The van der Waals surface area contributed by atoms with E-state index in [1.807, 2.05) is 6.92 Å². The third kappa shape index (κ3) is 5.22. The number of hydrogen-bond donors (Lipinski definition) is 1. The Hall–Kier alpha value is -2.49. The molecule has 1 heterocycles. The van der Waals surface area contributed by atoms with Gasteiger partial charge in [-0.05, 0) is 55.2 Å². The number of benzene rings is 2. The summed E-state index contributed by atoms with van der Waals surface area (Å²) in [5.41, 5.74) is 1.41. The molecule has 1 fully saturated rings. The van der Waals surface area contributed by atoms with Gasteiger partial charge in [0.2, 0.25) is 15.9 Å². The fourth-order valence-corrected chi connectivity index (χ4v) is 6.42. The zero-order chi connectivity index (χ0) is 25.3. The highest BCUT2D eigenvalue weighted by Crippen LogP contribution is 2.37. The zero-order valence-corrected chi connectivity index (χ0v) is 21.2. The van der Waals surface area contributed by atoms with Crippen LogP contribution in [-0.4, -0.2) is 67.5 Å². The lowest BCUT2D eigenvalue weighted by molar-refractivity contribution is -0.138. The van der Waals surface area contributed by atoms with Crippen molar-refractivity contribution < 1.29 is 27.4 Å². The number of carbonyl (C=O) groups is 1. The molecule has 1 N–H and O–H groups in total. The van der Waals surface area contributed by atoms with E-state index in [1.165, 1.54) is 22.5 Å². The molecular formula is C26H33FN2O5S. The molecule has 0 aromatic heterocycles. The van der Waals surface area contributed by atoms with Crippen LogP contribution < -0.4 is 4.74 Å². The Balaban J connectivity index is 1.74. The van der Waals surface area contributed by atoms with Crippen LogP contribution >= 0.6 is 0 Å². The number of carbonyl (C=O) groups excluding carboxylic acids is 1. The minimum atomic E-state index is -3.96. The standard InChI is InChI=1S/C26H33FN2O5S/c1-17-14-29(18(2)16-30)35(32,33)25-12-9-21(19-7-10-22(27)11-8-19)13-23(25)34-24(17)15-28(3)26(31)20-5-4-6-20/h7-13,17-18,20,24,30H,4-6,14-16H2,1-3H3/t17-,18-,24-/m1/s1. The molecule has 0 spiro atoms. The normalized spacial score (nSPS) is 23.2. The number of nitrogens with zero attached hydrogens (tertiary/aromatic N) is 2. The summed E-state index contributed by atoms with van der Waals surface area (Å²) in [7, 11) is -2.20. The van der Waals surface area contributed by atoms with Crippen LogP contribution in [0.25, 0.3) is 11.1 Å². The lowest BCUT2D eigenvalue weighted by Crippen LogP contribution is -2.50. The van der Waals surface area contributed by atoms with Gasteiger partial charge < -0.3 is 14.7 Å². The Morgan fingerprint density at radius 2 is 1.86 bits per heavy atom. The maximum atomic E-state index is 13.6. The number of rotatable bonds is 6. The molecule has 0 bridgehead atoms. The van der Waals surface area contributed by atoms with Crippen molar-refractivity contribution >= 4 is 15.9 Å². The Morgan fingerprint density at radius 1 is 1.20 bits per heavy atom. The summed E-state index contributed by atoms with van der Waals surface area (Å²) in [6, 6.07) is 10.1. The largest absolute Gasteiger partial charge is 0.487 e. The quantitative estimate of drug-likeness (QED) is 0.651. The van der Waals surface area contributed by atoms with Gasteiger partial charge in [0.15, 0.2) is 0 Å². The number of amides is 1. The van der Waals surface area contributed by atoms with E-state index < -0.39 is 22.2 Å². The van der Waals surface area contributed by atoms with Crippen molar-refractivity contribution in [1.82, 2.24) is 9.21 Å². The van der Waals surface area contributed by atoms with Gasteiger partial charge in [-0.3, -0.25) is 4.79 Å². The van der Waals surface area contributed by atoms with E-state index in [0.717, 1.165) is 24.8 Å². The second-order valence-electron chi connectivity index (χ2n) is 9.75. The molecular weight excluding hydrogens is 471 g/mol. The van der Waals surface area contributed by atoms with Gasteiger partial charge in [0, 0.05) is 31.5 Å². The summed E-state index contributed by atoms with van der Waals surface area (Å²) in [6.45, 7) is 3.71. The van der Waals surface area contributed by atoms with Crippen LogP contribution in [0, 0.1) is 17.7 Å². The van der Waals surface area contributed by atoms with Crippen LogP contribution in [0.3, 0.4) is 0 Å². The molecule has 1 saturated carbocycles. The highest BCUT2D eigenvalue weighted by Gasteiger charge is 2.39. The van der Waals surface area contributed by atoms with E-state index in [-0.39, 0.29) is 47.4 Å². The third-order valence-corrected chi connectivity index (χ3v) is 9.15. The van der Waals surface area contributed by atoms with Crippen molar-refractivity contribution in [3.05, 3.63) is 48.3 Å². The van der Waals surface area contributed by atoms with E-state index in [9.17, 15) is 22.7 Å². The first-order valence-electron chi connectivity index (χ1n) is 12.1. The zero-order valence-electron chi connectivity index (χ0n) is 20.4. The Labute approximate surface area is 206 Å². The monoisotopic (exact) mass is 504 g/mol. The van der Waals surface area contributed by atoms with Gasteiger partial charge in [0.1, 0.15) is 22.6 Å². The van der Waals surface area contributed by atoms with E-state index in [2.05, 4.69) is 0 Å². The van der Waals surface area contributed by atoms with Crippen LogP contribution in [-0.2, 0) is 14.8 Å². The summed E-state index contributed by atoms with van der Waals surface area (Å²) in [5.74, 6) is -0.295. The maximum absolute atomic E-state index is 13.6. The van der Waals surface area contributed by atoms with Crippen molar-refractivity contribution in [3.8, 4) is 16.9 Å². The van der Waals surface area contributed by atoms with Crippen molar-refractivity contribution in [3.63, 3.8) is 0 Å². The second kappa shape index (κ2) is 10.2. The van der Waals surface area contributed by atoms with E-state index in [1.54, 1.807) is 43.1 Å². The van der Waals surface area contributed by atoms with Crippen LogP contribution in [0.4, 0.5) is 4.39 Å². The number of hydrogen-bond acceptors (Lipinski definition) is 5. The smallest absolute Gasteiger partial charge is 0.247 e. The van der Waals surface area contributed by atoms with Gasteiger partial charge in [-0.25, -0.2) is 12.8 Å². The number of sulfonamides is 1. The first-order valence-corrected chi connectivity index (χ1v) is 13.5. The van der Waals surface area contributed by atoms with Crippen LogP contribution in [0.1, 0.15) is 33.1 Å².